The maximum atomic E-state index is 13.3. The van der Waals surface area contributed by atoms with E-state index in [4.69, 9.17) is 4.74 Å². The molecule has 1 N–H and O–H groups in total. The summed E-state index contributed by atoms with van der Waals surface area (Å²) in [6.45, 7) is 0. The van der Waals surface area contributed by atoms with Crippen LogP contribution in [0, 0.1) is 5.82 Å². The Kier molecular flexibility index (Phi) is 4.44. The predicted molar refractivity (Wildman–Crippen MR) is 74.5 cm³/mol. The van der Waals surface area contributed by atoms with Crippen molar-refractivity contribution < 1.29 is 13.9 Å². The first kappa shape index (κ1) is 13.7. The molecule has 0 atom stereocenters. The molecule has 0 saturated heterocycles. The van der Waals surface area contributed by atoms with Gasteiger partial charge >= 0.3 is 0 Å². The number of hydrogen-bond donors (Lipinski definition) is 1. The molecule has 4 nitrogen and oxygen atoms in total. The number of ether oxygens (including phenoxy) is 1. The van der Waals surface area contributed by atoms with Gasteiger partial charge in [0.2, 0.25) is 0 Å². The standard InChI is InChI=1S/C15H13FN2O2/c1-20-13-7-4-6-11(9-13)15(19)18-17-10-12-5-2-3-8-14(12)16/h2-10H,1H3,(H,18,19). The van der Waals surface area contributed by atoms with Crippen molar-refractivity contribution in [3.63, 3.8) is 0 Å². The van der Waals surface area contributed by atoms with E-state index in [-0.39, 0.29) is 0 Å². The van der Waals surface area contributed by atoms with Gasteiger partial charge in [-0.15, -0.1) is 0 Å². The molecule has 2 aromatic carbocycles. The van der Waals surface area contributed by atoms with Crippen LogP contribution in [0.5, 0.6) is 5.75 Å². The molecule has 0 fully saturated rings. The van der Waals surface area contributed by atoms with E-state index in [0.29, 0.717) is 16.9 Å². The number of rotatable bonds is 4. The molecule has 1 amide bonds. The molecular formula is C15H13FN2O2. The maximum absolute atomic E-state index is 13.3. The van der Waals surface area contributed by atoms with Crippen molar-refractivity contribution in [3.05, 3.63) is 65.5 Å². The van der Waals surface area contributed by atoms with E-state index in [1.54, 1.807) is 42.5 Å². The van der Waals surface area contributed by atoms with E-state index in [2.05, 4.69) is 10.5 Å². The first-order valence-electron chi connectivity index (χ1n) is 5.92. The summed E-state index contributed by atoms with van der Waals surface area (Å²) in [7, 11) is 1.52. The molecule has 0 aliphatic heterocycles. The number of benzene rings is 2. The van der Waals surface area contributed by atoms with Crippen LogP contribution in [0.25, 0.3) is 0 Å². The molecule has 0 heterocycles. The third-order valence-electron chi connectivity index (χ3n) is 2.61. The average molecular weight is 272 g/mol. The highest BCUT2D eigenvalue weighted by Crippen LogP contribution is 2.12. The average Bonchev–Trinajstić information content (AvgIpc) is 2.49. The van der Waals surface area contributed by atoms with Crippen molar-refractivity contribution >= 4 is 12.1 Å². The molecule has 0 aliphatic carbocycles. The summed E-state index contributed by atoms with van der Waals surface area (Å²) in [6, 6.07) is 12.8. The molecule has 2 aromatic rings. The molecule has 20 heavy (non-hydrogen) atoms. The third-order valence-corrected chi connectivity index (χ3v) is 2.61. The quantitative estimate of drug-likeness (QED) is 0.687. The van der Waals surface area contributed by atoms with Crippen LogP contribution in [0.2, 0.25) is 0 Å². The lowest BCUT2D eigenvalue weighted by Gasteiger charge is -2.03. The lowest BCUT2D eigenvalue weighted by Crippen LogP contribution is -2.17. The van der Waals surface area contributed by atoms with Crippen LogP contribution < -0.4 is 10.2 Å². The Balaban J connectivity index is 2.03. The van der Waals surface area contributed by atoms with Crippen LogP contribution in [0.1, 0.15) is 15.9 Å². The number of hydrogen-bond acceptors (Lipinski definition) is 3. The molecule has 102 valence electrons. The molecule has 0 spiro atoms. The highest BCUT2D eigenvalue weighted by atomic mass is 19.1. The van der Waals surface area contributed by atoms with Crippen LogP contribution in [0.4, 0.5) is 4.39 Å². The highest BCUT2D eigenvalue weighted by molar-refractivity contribution is 5.95. The van der Waals surface area contributed by atoms with Crippen LogP contribution in [-0.4, -0.2) is 19.2 Å². The van der Waals surface area contributed by atoms with Crippen LogP contribution in [0.3, 0.4) is 0 Å². The number of carbonyl (C=O) groups is 1. The number of methoxy groups -OCH3 is 1. The van der Waals surface area contributed by atoms with Gasteiger partial charge in [-0.25, -0.2) is 9.82 Å². The second-order valence-electron chi connectivity index (χ2n) is 3.95. The summed E-state index contributed by atoms with van der Waals surface area (Å²) in [4.78, 5) is 11.8. The lowest BCUT2D eigenvalue weighted by molar-refractivity contribution is 0.0955. The first-order chi connectivity index (χ1) is 9.70. The van der Waals surface area contributed by atoms with Crippen molar-refractivity contribution in [1.29, 1.82) is 0 Å². The van der Waals surface area contributed by atoms with Crippen molar-refractivity contribution in [1.82, 2.24) is 5.43 Å². The smallest absolute Gasteiger partial charge is 0.271 e. The Morgan fingerprint density at radius 3 is 2.80 bits per heavy atom. The first-order valence-corrected chi connectivity index (χ1v) is 5.92. The van der Waals surface area contributed by atoms with Gasteiger partial charge in [0.15, 0.2) is 0 Å². The van der Waals surface area contributed by atoms with Gasteiger partial charge in [-0.05, 0) is 24.3 Å². The van der Waals surface area contributed by atoms with Crippen molar-refractivity contribution in [2.45, 2.75) is 0 Å². The largest absolute Gasteiger partial charge is 0.497 e. The monoisotopic (exact) mass is 272 g/mol. The van der Waals surface area contributed by atoms with Gasteiger partial charge in [-0.2, -0.15) is 5.10 Å². The van der Waals surface area contributed by atoms with E-state index in [1.165, 1.54) is 19.4 Å². The summed E-state index contributed by atoms with van der Waals surface area (Å²) in [5.74, 6) is -0.209. The molecule has 0 radical (unpaired) electrons. The van der Waals surface area contributed by atoms with Crippen molar-refractivity contribution in [2.24, 2.45) is 5.10 Å². The van der Waals surface area contributed by atoms with E-state index in [0.717, 1.165) is 0 Å². The number of amides is 1. The number of carbonyl (C=O) groups excluding carboxylic acids is 1. The van der Waals surface area contributed by atoms with Crippen molar-refractivity contribution in [3.8, 4) is 5.75 Å². The third kappa shape index (κ3) is 3.41. The Bertz CT molecular complexity index is 641. The summed E-state index contributed by atoms with van der Waals surface area (Å²) in [5.41, 5.74) is 3.05. The molecule has 0 saturated carbocycles. The maximum Gasteiger partial charge on any atom is 0.271 e. The Labute approximate surface area is 115 Å². The normalized spacial score (nSPS) is 10.5. The lowest BCUT2D eigenvalue weighted by atomic mass is 10.2. The van der Waals surface area contributed by atoms with Gasteiger partial charge in [0.1, 0.15) is 11.6 Å². The Morgan fingerprint density at radius 1 is 1.25 bits per heavy atom. The number of hydrazone groups is 1. The molecule has 0 unspecified atom stereocenters. The molecule has 0 aliphatic rings. The second kappa shape index (κ2) is 6.47. The minimum atomic E-state index is -0.396. The summed E-state index contributed by atoms with van der Waals surface area (Å²) >= 11 is 0. The fraction of sp³-hybridized carbons (Fsp3) is 0.0667. The van der Waals surface area contributed by atoms with Gasteiger partial charge in [0.25, 0.3) is 5.91 Å². The summed E-state index contributed by atoms with van der Waals surface area (Å²) < 4.78 is 18.3. The Morgan fingerprint density at radius 2 is 2.05 bits per heavy atom. The molecule has 0 aromatic heterocycles. The van der Waals surface area contributed by atoms with Crippen LogP contribution in [0.15, 0.2) is 53.6 Å². The highest BCUT2D eigenvalue weighted by Gasteiger charge is 2.05. The van der Waals surface area contributed by atoms with Gasteiger partial charge in [0, 0.05) is 11.1 Å². The van der Waals surface area contributed by atoms with Crippen molar-refractivity contribution in [2.75, 3.05) is 7.11 Å². The number of nitrogens with zero attached hydrogens (tertiary/aromatic N) is 1. The zero-order valence-corrected chi connectivity index (χ0v) is 10.8. The second-order valence-corrected chi connectivity index (χ2v) is 3.95. The Hall–Kier alpha value is -2.69. The SMILES string of the molecule is COc1cccc(C(=O)NN=Cc2ccccc2F)c1. The summed E-state index contributed by atoms with van der Waals surface area (Å²) in [6.07, 6.45) is 1.26. The van der Waals surface area contributed by atoms with Gasteiger partial charge in [-0.1, -0.05) is 24.3 Å². The number of halogens is 1. The van der Waals surface area contributed by atoms with Crippen LogP contribution in [-0.2, 0) is 0 Å². The van der Waals surface area contributed by atoms with Gasteiger partial charge in [-0.3, -0.25) is 4.79 Å². The minimum Gasteiger partial charge on any atom is -0.497 e. The van der Waals surface area contributed by atoms with Gasteiger partial charge < -0.3 is 4.74 Å². The van der Waals surface area contributed by atoms with Crippen LogP contribution >= 0.6 is 0 Å². The summed E-state index contributed by atoms with van der Waals surface area (Å²) in [5, 5.41) is 3.73. The fourth-order valence-corrected chi connectivity index (χ4v) is 1.57. The molecule has 0 bridgehead atoms. The van der Waals surface area contributed by atoms with Gasteiger partial charge in [0.05, 0.1) is 13.3 Å². The minimum absolute atomic E-state index is 0.304. The predicted octanol–water partition coefficient (Wildman–Crippen LogP) is 2.60. The zero-order valence-electron chi connectivity index (χ0n) is 10.8. The fourth-order valence-electron chi connectivity index (χ4n) is 1.57. The molecular weight excluding hydrogens is 259 g/mol. The van der Waals surface area contributed by atoms with E-state index in [1.807, 2.05) is 0 Å². The van der Waals surface area contributed by atoms with E-state index >= 15 is 0 Å². The topological polar surface area (TPSA) is 50.7 Å². The van der Waals surface area contributed by atoms with E-state index < -0.39 is 11.7 Å². The number of nitrogens with one attached hydrogen (secondary N) is 1. The molecule has 5 heteroatoms. The zero-order chi connectivity index (χ0) is 14.4. The molecule has 2 rings (SSSR count). The van der Waals surface area contributed by atoms with E-state index in [9.17, 15) is 9.18 Å².